The van der Waals surface area contributed by atoms with Gasteiger partial charge < -0.3 is 9.74 Å². The molecule has 0 spiro atoms. The number of unbranched alkanes of at least 4 members (excludes halogenated alkanes) is 15. The fraction of sp³-hybridized carbons (Fsp3) is 0.812. The minimum Gasteiger partial charge on any atom is -0.354 e. The summed E-state index contributed by atoms with van der Waals surface area (Å²) >= 11 is 0. The van der Waals surface area contributed by atoms with Crippen LogP contribution in [0, 0.1) is 10.1 Å². The summed E-state index contributed by atoms with van der Waals surface area (Å²) in [7, 11) is 0. The highest BCUT2D eigenvalue weighted by molar-refractivity contribution is 5.93. The maximum absolute atomic E-state index is 12.6. The van der Waals surface area contributed by atoms with E-state index in [-0.39, 0.29) is 12.5 Å². The molecule has 240 valence electrons. The molecule has 42 heavy (non-hydrogen) atoms. The second kappa shape index (κ2) is 22.1. The third-order valence-corrected chi connectivity index (χ3v) is 8.54. The minimum atomic E-state index is -0.716. The van der Waals surface area contributed by atoms with Gasteiger partial charge in [-0.1, -0.05) is 96.8 Å². The van der Waals surface area contributed by atoms with E-state index >= 15 is 0 Å². The van der Waals surface area contributed by atoms with Gasteiger partial charge in [0.25, 0.3) is 11.0 Å². The van der Waals surface area contributed by atoms with E-state index in [1.165, 1.54) is 64.2 Å². The number of piperazine rings is 1. The number of nitrogens with zero attached hydrogens (tertiary/aromatic N) is 5. The van der Waals surface area contributed by atoms with Crippen LogP contribution in [-0.2, 0) is 4.84 Å². The lowest BCUT2D eigenvalue weighted by Crippen LogP contribution is -2.49. The first-order valence-corrected chi connectivity index (χ1v) is 16.7. The second-order valence-corrected chi connectivity index (χ2v) is 11.8. The number of aromatic nitrogens is 1. The Labute approximate surface area is 253 Å². The number of carbonyl (C=O) groups excluding carboxylic acids is 1. The van der Waals surface area contributed by atoms with Crippen LogP contribution in [0.5, 0.6) is 0 Å². The van der Waals surface area contributed by atoms with Crippen molar-refractivity contribution in [3.05, 3.63) is 34.0 Å². The van der Waals surface area contributed by atoms with Crippen molar-refractivity contribution >= 4 is 11.7 Å². The van der Waals surface area contributed by atoms with Gasteiger partial charge in [0.15, 0.2) is 0 Å². The molecule has 10 heteroatoms. The predicted octanol–water partition coefficient (Wildman–Crippen LogP) is 7.28. The fourth-order valence-electron chi connectivity index (χ4n) is 5.58. The molecule has 10 nitrogen and oxygen atoms in total. The van der Waals surface area contributed by atoms with Crippen molar-refractivity contribution in [1.29, 1.82) is 0 Å². The molecule has 0 saturated carbocycles. The monoisotopic (exact) mass is 591 g/mol. The average molecular weight is 592 g/mol. The Morgan fingerprint density at radius 1 is 0.905 bits per heavy atom. The van der Waals surface area contributed by atoms with Crippen molar-refractivity contribution in [2.75, 3.05) is 44.2 Å². The summed E-state index contributed by atoms with van der Waals surface area (Å²) < 4.78 is 0. The van der Waals surface area contributed by atoms with Gasteiger partial charge in [0.1, 0.15) is 5.82 Å². The van der Waals surface area contributed by atoms with E-state index in [1.54, 1.807) is 12.3 Å². The average Bonchev–Trinajstić information content (AvgIpc) is 3.01. The zero-order valence-electron chi connectivity index (χ0n) is 26.4. The molecular weight excluding hydrogens is 534 g/mol. The van der Waals surface area contributed by atoms with Gasteiger partial charge in [-0.15, -0.1) is 10.1 Å². The Morgan fingerprint density at radius 3 is 1.86 bits per heavy atom. The standard InChI is InChI=1S/C32H57N5O5/c1-3-29(2)34-23-25-35(26-24-34)31-21-20-30(28-33-31)32(38)36(39)22-18-16-14-12-10-8-6-4-5-7-9-11-13-15-17-19-27-42-37(40)41/h20-21,28-29,39H,3-19,22-27H2,1-2H3. The van der Waals surface area contributed by atoms with E-state index in [1.807, 2.05) is 6.07 Å². The summed E-state index contributed by atoms with van der Waals surface area (Å²) in [5.74, 6) is 0.514. The fourth-order valence-corrected chi connectivity index (χ4v) is 5.58. The van der Waals surface area contributed by atoms with E-state index in [0.29, 0.717) is 18.2 Å². The summed E-state index contributed by atoms with van der Waals surface area (Å²) in [4.78, 5) is 36.3. The number of pyridine rings is 1. The molecule has 1 aromatic heterocycles. The second-order valence-electron chi connectivity index (χ2n) is 11.8. The first kappa shape index (κ1) is 35.7. The Kier molecular flexibility index (Phi) is 18.8. The van der Waals surface area contributed by atoms with E-state index < -0.39 is 5.09 Å². The molecule has 0 aromatic carbocycles. The van der Waals surface area contributed by atoms with Crippen molar-refractivity contribution in [1.82, 2.24) is 14.9 Å². The van der Waals surface area contributed by atoms with Crippen LogP contribution in [0.25, 0.3) is 0 Å². The van der Waals surface area contributed by atoms with Crippen LogP contribution < -0.4 is 4.90 Å². The Morgan fingerprint density at radius 2 is 1.40 bits per heavy atom. The molecule has 0 bridgehead atoms. The minimum absolute atomic E-state index is 0.223. The molecule has 0 aliphatic carbocycles. The molecule has 1 aliphatic rings. The summed E-state index contributed by atoms with van der Waals surface area (Å²) in [6.07, 6.45) is 21.4. The zero-order chi connectivity index (χ0) is 30.4. The highest BCUT2D eigenvalue weighted by atomic mass is 16.9. The number of amides is 1. The Balaban J connectivity index is 1.40. The van der Waals surface area contributed by atoms with E-state index in [0.717, 1.165) is 82.0 Å². The third-order valence-electron chi connectivity index (χ3n) is 8.54. The molecule has 2 rings (SSSR count). The molecule has 1 N–H and O–H groups in total. The topological polar surface area (TPSA) is 112 Å². The van der Waals surface area contributed by atoms with Crippen LogP contribution >= 0.6 is 0 Å². The van der Waals surface area contributed by atoms with Crippen LogP contribution in [0.1, 0.15) is 133 Å². The van der Waals surface area contributed by atoms with E-state index in [9.17, 15) is 20.1 Å². The predicted molar refractivity (Wildman–Crippen MR) is 167 cm³/mol. The number of rotatable bonds is 24. The van der Waals surface area contributed by atoms with Crippen molar-refractivity contribution in [2.24, 2.45) is 0 Å². The van der Waals surface area contributed by atoms with Crippen LogP contribution in [0.15, 0.2) is 18.3 Å². The molecule has 1 aliphatic heterocycles. The first-order valence-electron chi connectivity index (χ1n) is 16.7. The van der Waals surface area contributed by atoms with Gasteiger partial charge in [-0.05, 0) is 38.3 Å². The van der Waals surface area contributed by atoms with Gasteiger partial charge in [0, 0.05) is 45.0 Å². The number of hydroxylamine groups is 2. The van der Waals surface area contributed by atoms with Crippen LogP contribution in [0.4, 0.5) is 5.82 Å². The Hall–Kier alpha value is -2.46. The number of anilines is 1. The maximum atomic E-state index is 12.6. The molecule has 1 unspecified atom stereocenters. The van der Waals surface area contributed by atoms with Crippen molar-refractivity contribution < 1.29 is 19.9 Å². The van der Waals surface area contributed by atoms with Gasteiger partial charge >= 0.3 is 0 Å². The molecule has 1 atom stereocenters. The number of hydrogen-bond donors (Lipinski definition) is 1. The molecule has 1 aromatic rings. The Bertz CT molecular complexity index is 848. The van der Waals surface area contributed by atoms with Crippen LogP contribution in [0.3, 0.4) is 0 Å². The first-order chi connectivity index (χ1) is 20.4. The quantitative estimate of drug-likeness (QED) is 0.0577. The highest BCUT2D eigenvalue weighted by Crippen LogP contribution is 2.17. The smallest absolute Gasteiger partial charge is 0.294 e. The lowest BCUT2D eigenvalue weighted by atomic mass is 10.0. The van der Waals surface area contributed by atoms with Gasteiger partial charge in [-0.2, -0.15) is 0 Å². The maximum Gasteiger partial charge on any atom is 0.294 e. The summed E-state index contributed by atoms with van der Waals surface area (Å²) in [6, 6.07) is 4.28. The number of hydrogen-bond acceptors (Lipinski definition) is 8. The van der Waals surface area contributed by atoms with E-state index in [4.69, 9.17) is 0 Å². The van der Waals surface area contributed by atoms with Crippen LogP contribution in [-0.4, -0.2) is 76.5 Å². The lowest BCUT2D eigenvalue weighted by molar-refractivity contribution is -0.757. The van der Waals surface area contributed by atoms with Gasteiger partial charge in [-0.3, -0.25) is 14.9 Å². The zero-order valence-corrected chi connectivity index (χ0v) is 26.4. The third kappa shape index (κ3) is 15.1. The van der Waals surface area contributed by atoms with Gasteiger partial charge in [-0.25, -0.2) is 10.0 Å². The van der Waals surface area contributed by atoms with E-state index in [2.05, 4.69) is 33.5 Å². The summed E-state index contributed by atoms with van der Waals surface area (Å²) in [5, 5.41) is 20.5. The molecule has 1 saturated heterocycles. The van der Waals surface area contributed by atoms with Crippen molar-refractivity contribution in [2.45, 2.75) is 129 Å². The van der Waals surface area contributed by atoms with Crippen LogP contribution in [0.2, 0.25) is 0 Å². The van der Waals surface area contributed by atoms with Gasteiger partial charge in [0.05, 0.1) is 12.2 Å². The highest BCUT2D eigenvalue weighted by Gasteiger charge is 2.21. The molecule has 2 heterocycles. The SMILES string of the molecule is CCC(C)N1CCN(c2ccc(C(=O)N(O)CCCCCCCCCCCCCCCCCCO[N+](=O)[O-])cn2)CC1. The molecular formula is C32H57N5O5. The molecule has 1 fully saturated rings. The lowest BCUT2D eigenvalue weighted by Gasteiger charge is -2.38. The summed E-state index contributed by atoms with van der Waals surface area (Å²) in [6.45, 7) is 9.01. The van der Waals surface area contributed by atoms with Gasteiger partial charge in [0.2, 0.25) is 0 Å². The van der Waals surface area contributed by atoms with Crippen molar-refractivity contribution in [3.8, 4) is 0 Å². The van der Waals surface area contributed by atoms with Crippen molar-refractivity contribution in [3.63, 3.8) is 0 Å². The summed E-state index contributed by atoms with van der Waals surface area (Å²) in [5.41, 5.74) is 0.428. The molecule has 0 radical (unpaired) electrons. The normalized spacial score (nSPS) is 14.6. The number of carbonyl (C=O) groups is 1. The largest absolute Gasteiger partial charge is 0.354 e. The molecule has 1 amide bonds.